The van der Waals surface area contributed by atoms with Crippen molar-refractivity contribution in [1.82, 2.24) is 9.80 Å². The van der Waals surface area contributed by atoms with Crippen molar-refractivity contribution >= 4 is 46.5 Å². The first-order chi connectivity index (χ1) is 13.5. The molecule has 2 fully saturated rings. The van der Waals surface area contributed by atoms with Crippen LogP contribution >= 0.6 is 23.4 Å². The summed E-state index contributed by atoms with van der Waals surface area (Å²) < 4.78 is 5.47. The number of amides is 3. The van der Waals surface area contributed by atoms with Crippen LogP contribution in [0, 0.1) is 12.3 Å². The molecule has 2 saturated heterocycles. The van der Waals surface area contributed by atoms with Crippen molar-refractivity contribution in [3.8, 4) is 18.1 Å². The summed E-state index contributed by atoms with van der Waals surface area (Å²) in [4.78, 5) is 40.3. The van der Waals surface area contributed by atoms with Gasteiger partial charge in [0.2, 0.25) is 5.91 Å². The van der Waals surface area contributed by atoms with Crippen molar-refractivity contribution < 1.29 is 19.1 Å². The van der Waals surface area contributed by atoms with Crippen LogP contribution in [0.25, 0.3) is 6.08 Å². The van der Waals surface area contributed by atoms with Crippen LogP contribution in [-0.4, -0.2) is 53.1 Å². The maximum Gasteiger partial charge on any atom is 0.294 e. The zero-order valence-corrected chi connectivity index (χ0v) is 16.7. The molecular formula is C20H19ClN2O4S. The minimum atomic E-state index is -0.497. The molecule has 0 N–H and O–H groups in total. The lowest BCUT2D eigenvalue weighted by molar-refractivity contribution is -0.136. The van der Waals surface area contributed by atoms with Gasteiger partial charge in [-0.3, -0.25) is 19.3 Å². The van der Waals surface area contributed by atoms with E-state index in [4.69, 9.17) is 22.8 Å². The number of carbonyl (C=O) groups is 3. The Balaban J connectivity index is 1.77. The molecule has 0 aromatic heterocycles. The average Bonchev–Trinajstić information content (AvgIpc) is 2.95. The molecule has 0 aliphatic carbocycles. The molecule has 3 rings (SSSR count). The van der Waals surface area contributed by atoms with Gasteiger partial charge in [-0.2, -0.15) is 0 Å². The molecule has 1 aromatic carbocycles. The smallest absolute Gasteiger partial charge is 0.294 e. The van der Waals surface area contributed by atoms with Gasteiger partial charge in [-0.25, -0.2) is 0 Å². The number of likely N-dealkylation sites (tertiary alicyclic amines) is 1. The molecule has 2 aliphatic heterocycles. The number of nitrogens with zero attached hydrogens (tertiary/aromatic N) is 2. The molecule has 28 heavy (non-hydrogen) atoms. The van der Waals surface area contributed by atoms with Crippen LogP contribution < -0.4 is 4.74 Å². The molecule has 6 nitrogen and oxygen atoms in total. The normalized spacial score (nSPS) is 18.5. The molecule has 8 heteroatoms. The van der Waals surface area contributed by atoms with Crippen molar-refractivity contribution in [1.29, 1.82) is 0 Å². The van der Waals surface area contributed by atoms with Gasteiger partial charge in [0.15, 0.2) is 0 Å². The summed E-state index contributed by atoms with van der Waals surface area (Å²) in [7, 11) is 0. The SMILES string of the molecule is C#CCOc1ccc(Cl)cc1/C=C1\SC(=O)N(CC(=O)N2CCCCC2)C1=O. The molecule has 2 aliphatic rings. The second kappa shape index (κ2) is 9.18. The van der Waals surface area contributed by atoms with Gasteiger partial charge < -0.3 is 9.64 Å². The fourth-order valence-corrected chi connectivity index (χ4v) is 4.05. The predicted molar refractivity (Wildman–Crippen MR) is 109 cm³/mol. The van der Waals surface area contributed by atoms with E-state index in [1.54, 1.807) is 23.1 Å². The Bertz CT molecular complexity index is 871. The highest BCUT2D eigenvalue weighted by Crippen LogP contribution is 2.34. The summed E-state index contributed by atoms with van der Waals surface area (Å²) >= 11 is 6.83. The third-order valence-electron chi connectivity index (χ3n) is 4.45. The van der Waals surface area contributed by atoms with Crippen molar-refractivity contribution in [2.75, 3.05) is 26.2 Å². The van der Waals surface area contributed by atoms with Crippen LogP contribution in [-0.2, 0) is 9.59 Å². The number of rotatable bonds is 5. The molecule has 1 aromatic rings. The van der Waals surface area contributed by atoms with Gasteiger partial charge in [0.25, 0.3) is 11.1 Å². The first-order valence-electron chi connectivity index (χ1n) is 8.88. The van der Waals surface area contributed by atoms with E-state index >= 15 is 0 Å². The second-order valence-corrected chi connectivity index (χ2v) is 7.81. The Morgan fingerprint density at radius 2 is 2.04 bits per heavy atom. The maximum absolute atomic E-state index is 12.7. The van der Waals surface area contributed by atoms with Crippen molar-refractivity contribution in [3.63, 3.8) is 0 Å². The number of hydrogen-bond acceptors (Lipinski definition) is 5. The molecule has 0 radical (unpaired) electrons. The maximum atomic E-state index is 12.7. The van der Waals surface area contributed by atoms with Gasteiger partial charge in [-0.15, -0.1) is 6.42 Å². The molecule has 0 unspecified atom stereocenters. The molecule has 0 atom stereocenters. The summed E-state index contributed by atoms with van der Waals surface area (Å²) in [5.74, 6) is 2.13. The van der Waals surface area contributed by atoms with Gasteiger partial charge in [0.1, 0.15) is 18.9 Å². The molecule has 0 bridgehead atoms. The summed E-state index contributed by atoms with van der Waals surface area (Å²) in [6.45, 7) is 1.17. The standard InChI is InChI=1S/C20H19ClN2O4S/c1-2-10-27-16-7-6-15(21)11-14(16)12-17-19(25)23(20(26)28-17)13-18(24)22-8-4-3-5-9-22/h1,6-7,11-12H,3-5,8-10,13H2/b17-12-. The van der Waals surface area contributed by atoms with E-state index in [2.05, 4.69) is 5.92 Å². The van der Waals surface area contributed by atoms with E-state index < -0.39 is 11.1 Å². The highest BCUT2D eigenvalue weighted by Gasteiger charge is 2.37. The van der Waals surface area contributed by atoms with Crippen LogP contribution in [0.5, 0.6) is 5.75 Å². The van der Waals surface area contributed by atoms with Crippen LogP contribution in [0.1, 0.15) is 24.8 Å². The Morgan fingerprint density at radius 3 is 2.75 bits per heavy atom. The van der Waals surface area contributed by atoms with E-state index in [-0.39, 0.29) is 24.0 Å². The fourth-order valence-electron chi connectivity index (χ4n) is 3.04. The van der Waals surface area contributed by atoms with Crippen molar-refractivity contribution in [3.05, 3.63) is 33.7 Å². The molecule has 146 valence electrons. The summed E-state index contributed by atoms with van der Waals surface area (Å²) in [6, 6.07) is 4.92. The number of terminal acetylenes is 1. The lowest BCUT2D eigenvalue weighted by Crippen LogP contribution is -2.44. The Labute approximate surface area is 172 Å². The minimum Gasteiger partial charge on any atom is -0.480 e. The monoisotopic (exact) mass is 418 g/mol. The largest absolute Gasteiger partial charge is 0.480 e. The van der Waals surface area contributed by atoms with Gasteiger partial charge in [0, 0.05) is 23.7 Å². The van der Waals surface area contributed by atoms with Gasteiger partial charge in [-0.05, 0) is 55.3 Å². The van der Waals surface area contributed by atoms with Crippen LogP contribution in [0.4, 0.5) is 4.79 Å². The van der Waals surface area contributed by atoms with Crippen LogP contribution in [0.2, 0.25) is 5.02 Å². The topological polar surface area (TPSA) is 66.9 Å². The number of carbonyl (C=O) groups excluding carboxylic acids is 3. The Kier molecular flexibility index (Phi) is 6.65. The van der Waals surface area contributed by atoms with Crippen molar-refractivity contribution in [2.45, 2.75) is 19.3 Å². The highest BCUT2D eigenvalue weighted by molar-refractivity contribution is 8.18. The summed E-state index contributed by atoms with van der Waals surface area (Å²) in [6.07, 6.45) is 9.75. The average molecular weight is 419 g/mol. The quantitative estimate of drug-likeness (QED) is 0.541. The number of hydrogen-bond donors (Lipinski definition) is 0. The van der Waals surface area contributed by atoms with E-state index in [1.807, 2.05) is 0 Å². The van der Waals surface area contributed by atoms with Crippen molar-refractivity contribution in [2.24, 2.45) is 0 Å². The lowest BCUT2D eigenvalue weighted by Gasteiger charge is -2.27. The van der Waals surface area contributed by atoms with E-state index in [0.29, 0.717) is 29.4 Å². The second-order valence-electron chi connectivity index (χ2n) is 6.38. The number of benzene rings is 1. The zero-order valence-electron chi connectivity index (χ0n) is 15.2. The Morgan fingerprint density at radius 1 is 1.29 bits per heavy atom. The predicted octanol–water partition coefficient (Wildman–Crippen LogP) is 3.40. The highest BCUT2D eigenvalue weighted by atomic mass is 35.5. The Hall–Kier alpha value is -2.43. The molecule has 0 spiro atoms. The first kappa shape index (κ1) is 20.3. The first-order valence-corrected chi connectivity index (χ1v) is 10.1. The van der Waals surface area contributed by atoms with E-state index in [9.17, 15) is 14.4 Å². The van der Waals surface area contributed by atoms with Crippen LogP contribution in [0.15, 0.2) is 23.1 Å². The molecule has 3 amide bonds. The van der Waals surface area contributed by atoms with Crippen LogP contribution in [0.3, 0.4) is 0 Å². The molecule has 2 heterocycles. The molecular weight excluding hydrogens is 400 g/mol. The summed E-state index contributed by atoms with van der Waals surface area (Å²) in [5, 5.41) is -0.00598. The van der Waals surface area contributed by atoms with Gasteiger partial charge >= 0.3 is 0 Å². The molecule has 0 saturated carbocycles. The number of thioether (sulfide) groups is 1. The number of halogens is 1. The van der Waals surface area contributed by atoms with Gasteiger partial charge in [0.05, 0.1) is 4.91 Å². The van der Waals surface area contributed by atoms with E-state index in [0.717, 1.165) is 35.9 Å². The van der Waals surface area contributed by atoms with E-state index in [1.165, 1.54) is 6.08 Å². The number of piperidine rings is 1. The minimum absolute atomic E-state index is 0.0638. The lowest BCUT2D eigenvalue weighted by atomic mass is 10.1. The zero-order chi connectivity index (χ0) is 20.1. The van der Waals surface area contributed by atoms with Gasteiger partial charge in [-0.1, -0.05) is 17.5 Å². The number of ether oxygens (including phenoxy) is 1. The number of imide groups is 1. The summed E-state index contributed by atoms with van der Waals surface area (Å²) in [5.41, 5.74) is 0.538. The fraction of sp³-hybridized carbons (Fsp3) is 0.350. The third-order valence-corrected chi connectivity index (χ3v) is 5.59. The third kappa shape index (κ3) is 4.70.